The summed E-state index contributed by atoms with van der Waals surface area (Å²) in [5.74, 6) is 0.681. The Balaban J connectivity index is 1.81. The number of carbonyl (C=O) groups is 1. The standard InChI is InChI=1S/C37H47NO3/c1-4-6-7-8-9-10-11-18-27-40-34-25-23-33(24-26-34)35(32-21-16-13-17-22-32)36(37(39)41-29-30(3)5-2)38-28-31-19-14-12-15-20-31/h12-17,19-26,28,30H,4-11,18,27,29H2,1-3H3/t30-/m0/s1. The number of rotatable bonds is 18. The summed E-state index contributed by atoms with van der Waals surface area (Å²) in [4.78, 5) is 18.2. The third-order valence-electron chi connectivity index (χ3n) is 7.24. The molecule has 3 aromatic carbocycles. The van der Waals surface area contributed by atoms with E-state index in [1.165, 1.54) is 44.9 Å². The molecule has 0 amide bonds. The Bertz CT molecular complexity index is 1200. The highest BCUT2D eigenvalue weighted by atomic mass is 16.5. The average molecular weight is 554 g/mol. The normalized spacial score (nSPS) is 12.7. The summed E-state index contributed by atoms with van der Waals surface area (Å²) in [6.07, 6.45) is 12.9. The van der Waals surface area contributed by atoms with Crippen LogP contribution < -0.4 is 4.74 Å². The average Bonchev–Trinajstić information content (AvgIpc) is 3.02. The summed E-state index contributed by atoms with van der Waals surface area (Å²) >= 11 is 0. The van der Waals surface area contributed by atoms with Gasteiger partial charge in [-0.25, -0.2) is 9.79 Å². The highest BCUT2D eigenvalue weighted by molar-refractivity contribution is 6.03. The Hall–Kier alpha value is -3.66. The summed E-state index contributed by atoms with van der Waals surface area (Å²) in [5.41, 5.74) is 3.73. The van der Waals surface area contributed by atoms with Crippen molar-refractivity contribution in [2.24, 2.45) is 10.9 Å². The minimum Gasteiger partial charge on any atom is -0.494 e. The van der Waals surface area contributed by atoms with E-state index < -0.39 is 5.97 Å². The van der Waals surface area contributed by atoms with E-state index >= 15 is 0 Å². The lowest BCUT2D eigenvalue weighted by Crippen LogP contribution is -2.14. The third-order valence-corrected chi connectivity index (χ3v) is 7.24. The fourth-order valence-corrected chi connectivity index (χ4v) is 4.49. The highest BCUT2D eigenvalue weighted by Crippen LogP contribution is 2.30. The van der Waals surface area contributed by atoms with Crippen LogP contribution in [0.3, 0.4) is 0 Å². The number of hydrogen-bond donors (Lipinski definition) is 0. The van der Waals surface area contributed by atoms with Crippen LogP contribution in [0.15, 0.2) is 95.6 Å². The maximum absolute atomic E-state index is 13.5. The molecule has 0 unspecified atom stereocenters. The molecule has 0 bridgehead atoms. The molecule has 0 aliphatic rings. The zero-order chi connectivity index (χ0) is 29.1. The van der Waals surface area contributed by atoms with Gasteiger partial charge in [-0.15, -0.1) is 0 Å². The predicted molar refractivity (Wildman–Crippen MR) is 171 cm³/mol. The first-order valence-electron chi connectivity index (χ1n) is 15.4. The van der Waals surface area contributed by atoms with Crippen LogP contribution in [0.25, 0.3) is 5.57 Å². The SMILES string of the molecule is CCCCCCCCCCOc1ccc(C(=C(N=Cc2ccccc2)C(=O)OC[C@@H](C)CC)c2ccccc2)cc1. The van der Waals surface area contributed by atoms with E-state index in [9.17, 15) is 4.79 Å². The van der Waals surface area contributed by atoms with Gasteiger partial charge in [-0.3, -0.25) is 0 Å². The number of unbranched alkanes of at least 4 members (excludes halogenated alkanes) is 7. The molecule has 3 aromatic rings. The monoisotopic (exact) mass is 553 g/mol. The van der Waals surface area contributed by atoms with Gasteiger partial charge < -0.3 is 9.47 Å². The number of aliphatic imine (C=N–C) groups is 1. The molecule has 0 saturated carbocycles. The minimum atomic E-state index is -0.425. The van der Waals surface area contributed by atoms with Crippen molar-refractivity contribution in [3.05, 3.63) is 107 Å². The lowest BCUT2D eigenvalue weighted by molar-refractivity contribution is -0.140. The Kier molecular flexibility index (Phi) is 14.5. The summed E-state index contributed by atoms with van der Waals surface area (Å²) in [7, 11) is 0. The van der Waals surface area contributed by atoms with Crippen LogP contribution >= 0.6 is 0 Å². The van der Waals surface area contributed by atoms with Crippen molar-refractivity contribution in [1.82, 2.24) is 0 Å². The smallest absolute Gasteiger partial charge is 0.357 e. The van der Waals surface area contributed by atoms with Gasteiger partial charge >= 0.3 is 5.97 Å². The number of carbonyl (C=O) groups excluding carboxylic acids is 1. The van der Waals surface area contributed by atoms with Gasteiger partial charge in [0.05, 0.1) is 13.2 Å². The quantitative estimate of drug-likeness (QED) is 0.0682. The maximum atomic E-state index is 13.5. The second-order valence-electron chi connectivity index (χ2n) is 10.7. The van der Waals surface area contributed by atoms with Crippen molar-refractivity contribution in [1.29, 1.82) is 0 Å². The van der Waals surface area contributed by atoms with Gasteiger partial charge in [0, 0.05) is 11.8 Å². The molecule has 4 nitrogen and oxygen atoms in total. The topological polar surface area (TPSA) is 47.9 Å². The molecule has 0 radical (unpaired) electrons. The molecule has 0 aliphatic carbocycles. The number of esters is 1. The van der Waals surface area contributed by atoms with Gasteiger partial charge in [0.1, 0.15) is 5.75 Å². The van der Waals surface area contributed by atoms with Gasteiger partial charge in [0.25, 0.3) is 0 Å². The second-order valence-corrected chi connectivity index (χ2v) is 10.7. The Labute approximate surface area is 247 Å². The van der Waals surface area contributed by atoms with Gasteiger partial charge in [-0.1, -0.05) is 145 Å². The molecule has 0 heterocycles. The van der Waals surface area contributed by atoms with Gasteiger partial charge in [-0.05, 0) is 41.2 Å². The predicted octanol–water partition coefficient (Wildman–Crippen LogP) is 9.67. The molecule has 0 aliphatic heterocycles. The largest absolute Gasteiger partial charge is 0.494 e. The molecular formula is C37H47NO3. The maximum Gasteiger partial charge on any atom is 0.357 e. The summed E-state index contributed by atoms with van der Waals surface area (Å²) < 4.78 is 11.8. The lowest BCUT2D eigenvalue weighted by atomic mass is 9.95. The minimum absolute atomic E-state index is 0.274. The van der Waals surface area contributed by atoms with Crippen molar-refractivity contribution in [2.45, 2.75) is 78.6 Å². The first-order valence-corrected chi connectivity index (χ1v) is 15.4. The van der Waals surface area contributed by atoms with Crippen molar-refractivity contribution < 1.29 is 14.3 Å². The van der Waals surface area contributed by atoms with E-state index in [-0.39, 0.29) is 11.6 Å². The van der Waals surface area contributed by atoms with E-state index in [2.05, 4.69) is 20.8 Å². The van der Waals surface area contributed by atoms with E-state index in [0.29, 0.717) is 13.2 Å². The van der Waals surface area contributed by atoms with Crippen LogP contribution in [0.4, 0.5) is 0 Å². The van der Waals surface area contributed by atoms with E-state index in [4.69, 9.17) is 14.5 Å². The summed E-state index contributed by atoms with van der Waals surface area (Å²) in [5, 5.41) is 0. The summed E-state index contributed by atoms with van der Waals surface area (Å²) in [6, 6.07) is 27.7. The van der Waals surface area contributed by atoms with Crippen LogP contribution in [0, 0.1) is 5.92 Å². The molecule has 218 valence electrons. The molecule has 3 rings (SSSR count). The molecule has 0 spiro atoms. The van der Waals surface area contributed by atoms with Crippen LogP contribution in [0.1, 0.15) is 95.2 Å². The molecule has 0 N–H and O–H groups in total. The fourth-order valence-electron chi connectivity index (χ4n) is 4.49. The molecule has 1 atom stereocenters. The van der Waals surface area contributed by atoms with Crippen LogP contribution in [0.5, 0.6) is 5.75 Å². The molecule has 41 heavy (non-hydrogen) atoms. The van der Waals surface area contributed by atoms with Crippen LogP contribution in [-0.4, -0.2) is 25.4 Å². The first kappa shape index (κ1) is 31.9. The third kappa shape index (κ3) is 11.4. The number of hydrogen-bond acceptors (Lipinski definition) is 4. The van der Waals surface area contributed by atoms with Crippen LogP contribution in [0.2, 0.25) is 0 Å². The van der Waals surface area contributed by atoms with Crippen LogP contribution in [-0.2, 0) is 9.53 Å². The first-order chi connectivity index (χ1) is 20.1. The van der Waals surface area contributed by atoms with E-state index in [1.807, 2.05) is 84.9 Å². The molecule has 4 heteroatoms. The number of nitrogens with zero attached hydrogens (tertiary/aromatic N) is 1. The lowest BCUT2D eigenvalue weighted by Gasteiger charge is -2.15. The molecule has 0 aromatic heterocycles. The Morgan fingerprint density at radius 1 is 0.756 bits per heavy atom. The number of benzene rings is 3. The molecule has 0 fully saturated rings. The Morgan fingerprint density at radius 3 is 1.98 bits per heavy atom. The number of ether oxygens (including phenoxy) is 2. The van der Waals surface area contributed by atoms with Crippen molar-refractivity contribution in [3.8, 4) is 5.75 Å². The Morgan fingerprint density at radius 2 is 1.34 bits per heavy atom. The van der Waals surface area contributed by atoms with Crippen molar-refractivity contribution in [2.75, 3.05) is 13.2 Å². The zero-order valence-corrected chi connectivity index (χ0v) is 25.2. The highest BCUT2D eigenvalue weighted by Gasteiger charge is 2.20. The van der Waals surface area contributed by atoms with E-state index in [0.717, 1.165) is 40.9 Å². The van der Waals surface area contributed by atoms with Gasteiger partial charge in [0.2, 0.25) is 0 Å². The van der Waals surface area contributed by atoms with E-state index in [1.54, 1.807) is 6.21 Å². The zero-order valence-electron chi connectivity index (χ0n) is 25.2. The molecular weight excluding hydrogens is 506 g/mol. The van der Waals surface area contributed by atoms with Gasteiger partial charge in [0.15, 0.2) is 5.70 Å². The summed E-state index contributed by atoms with van der Waals surface area (Å²) in [6.45, 7) is 7.49. The van der Waals surface area contributed by atoms with Crippen molar-refractivity contribution in [3.63, 3.8) is 0 Å². The fraction of sp³-hybridized carbons (Fsp3) is 0.405. The molecule has 0 saturated heterocycles. The second kappa shape index (κ2) is 18.6. The van der Waals surface area contributed by atoms with Gasteiger partial charge in [-0.2, -0.15) is 0 Å². The van der Waals surface area contributed by atoms with Crippen molar-refractivity contribution >= 4 is 17.8 Å².